The molecule has 0 radical (unpaired) electrons. The SMILES string of the molecule is O=C1CCc2cccc(OCCCN3CCC(c4ccccc4)CC3)c2N1. The Morgan fingerprint density at radius 2 is 1.81 bits per heavy atom. The predicted molar refractivity (Wildman–Crippen MR) is 108 cm³/mol. The number of ether oxygens (including phenoxy) is 1. The summed E-state index contributed by atoms with van der Waals surface area (Å²) in [5, 5.41) is 2.96. The third-order valence-electron chi connectivity index (χ3n) is 5.73. The number of hydrogen-bond acceptors (Lipinski definition) is 3. The first-order valence-corrected chi connectivity index (χ1v) is 10.1. The summed E-state index contributed by atoms with van der Waals surface area (Å²) in [5.41, 5.74) is 3.53. The number of nitrogens with one attached hydrogen (secondary N) is 1. The third-order valence-corrected chi connectivity index (χ3v) is 5.73. The molecule has 4 nitrogen and oxygen atoms in total. The molecule has 0 spiro atoms. The second-order valence-electron chi connectivity index (χ2n) is 7.57. The van der Waals surface area contributed by atoms with Crippen LogP contribution in [0.15, 0.2) is 48.5 Å². The summed E-state index contributed by atoms with van der Waals surface area (Å²) in [7, 11) is 0. The number of rotatable bonds is 6. The number of para-hydroxylation sites is 1. The average Bonchev–Trinajstić information content (AvgIpc) is 2.72. The van der Waals surface area contributed by atoms with Crippen molar-refractivity contribution < 1.29 is 9.53 Å². The number of carbonyl (C=O) groups excluding carboxylic acids is 1. The summed E-state index contributed by atoms with van der Waals surface area (Å²) in [4.78, 5) is 14.2. The minimum Gasteiger partial charge on any atom is -0.491 e. The average molecular weight is 364 g/mol. The number of nitrogens with zero attached hydrogens (tertiary/aromatic N) is 1. The highest BCUT2D eigenvalue weighted by Gasteiger charge is 2.21. The molecule has 2 aromatic rings. The Bertz CT molecular complexity index is 767. The van der Waals surface area contributed by atoms with Crippen LogP contribution < -0.4 is 10.1 Å². The van der Waals surface area contributed by atoms with Gasteiger partial charge in [-0.1, -0.05) is 42.5 Å². The van der Waals surface area contributed by atoms with Crippen LogP contribution in [-0.4, -0.2) is 37.0 Å². The van der Waals surface area contributed by atoms with E-state index < -0.39 is 0 Å². The number of aryl methyl sites for hydroxylation is 1. The van der Waals surface area contributed by atoms with Gasteiger partial charge in [0.2, 0.25) is 5.91 Å². The number of fused-ring (bicyclic) bond motifs is 1. The molecule has 1 amide bonds. The molecule has 0 aromatic heterocycles. The van der Waals surface area contributed by atoms with Gasteiger partial charge >= 0.3 is 0 Å². The van der Waals surface area contributed by atoms with E-state index in [0.717, 1.165) is 43.9 Å². The number of likely N-dealkylation sites (tertiary alicyclic amines) is 1. The van der Waals surface area contributed by atoms with E-state index in [1.807, 2.05) is 12.1 Å². The van der Waals surface area contributed by atoms with E-state index in [-0.39, 0.29) is 5.91 Å². The normalized spacial score (nSPS) is 18.0. The standard InChI is InChI=1S/C23H28N2O2/c26-22-11-10-20-8-4-9-21(23(20)24-22)27-17-5-14-25-15-12-19(13-16-25)18-6-2-1-3-7-18/h1-4,6-9,19H,5,10-17H2,(H,24,26). The van der Waals surface area contributed by atoms with Crippen LogP contribution in [0, 0.1) is 0 Å². The number of hydrogen-bond donors (Lipinski definition) is 1. The quantitative estimate of drug-likeness (QED) is 0.781. The lowest BCUT2D eigenvalue weighted by molar-refractivity contribution is -0.116. The molecule has 2 aromatic carbocycles. The van der Waals surface area contributed by atoms with Crippen molar-refractivity contribution in [1.29, 1.82) is 0 Å². The smallest absolute Gasteiger partial charge is 0.224 e. The fraction of sp³-hybridized carbons (Fsp3) is 0.435. The van der Waals surface area contributed by atoms with Gasteiger partial charge in [-0.3, -0.25) is 4.79 Å². The minimum absolute atomic E-state index is 0.0832. The number of benzene rings is 2. The Balaban J connectivity index is 1.21. The van der Waals surface area contributed by atoms with Crippen molar-refractivity contribution >= 4 is 11.6 Å². The first-order valence-electron chi connectivity index (χ1n) is 10.1. The predicted octanol–water partition coefficient (Wildman–Crippen LogP) is 4.22. The molecule has 2 aliphatic rings. The number of piperidine rings is 1. The van der Waals surface area contributed by atoms with Crippen molar-refractivity contribution in [2.75, 3.05) is 31.6 Å². The van der Waals surface area contributed by atoms with Gasteiger partial charge in [-0.25, -0.2) is 0 Å². The zero-order chi connectivity index (χ0) is 18.5. The van der Waals surface area contributed by atoms with Gasteiger partial charge in [0.1, 0.15) is 5.75 Å². The first-order chi connectivity index (χ1) is 13.3. The fourth-order valence-electron chi connectivity index (χ4n) is 4.18. The molecule has 0 bridgehead atoms. The Labute approximate surface area is 161 Å². The molecular weight excluding hydrogens is 336 g/mol. The van der Waals surface area contributed by atoms with Crippen molar-refractivity contribution in [3.05, 3.63) is 59.7 Å². The van der Waals surface area contributed by atoms with Crippen LogP contribution in [0.2, 0.25) is 0 Å². The van der Waals surface area contributed by atoms with Gasteiger partial charge in [-0.15, -0.1) is 0 Å². The Hall–Kier alpha value is -2.33. The molecule has 142 valence electrons. The van der Waals surface area contributed by atoms with Crippen molar-refractivity contribution in [3.63, 3.8) is 0 Å². The molecule has 1 fully saturated rings. The molecule has 27 heavy (non-hydrogen) atoms. The van der Waals surface area contributed by atoms with E-state index in [9.17, 15) is 4.79 Å². The Morgan fingerprint density at radius 1 is 1.00 bits per heavy atom. The third kappa shape index (κ3) is 4.51. The van der Waals surface area contributed by atoms with Crippen molar-refractivity contribution in [1.82, 2.24) is 4.90 Å². The van der Waals surface area contributed by atoms with Gasteiger partial charge in [0.05, 0.1) is 12.3 Å². The maximum absolute atomic E-state index is 11.7. The maximum Gasteiger partial charge on any atom is 0.224 e. The lowest BCUT2D eigenvalue weighted by atomic mass is 9.89. The summed E-state index contributed by atoms with van der Waals surface area (Å²) < 4.78 is 5.99. The summed E-state index contributed by atoms with van der Waals surface area (Å²) in [6.07, 6.45) is 4.85. The van der Waals surface area contributed by atoms with Crippen LogP contribution in [0.3, 0.4) is 0 Å². The first kappa shape index (κ1) is 18.1. The van der Waals surface area contributed by atoms with Gasteiger partial charge in [0.15, 0.2) is 0 Å². The lowest BCUT2D eigenvalue weighted by Crippen LogP contribution is -2.34. The van der Waals surface area contributed by atoms with Gasteiger partial charge in [-0.2, -0.15) is 0 Å². The van der Waals surface area contributed by atoms with E-state index in [4.69, 9.17) is 4.74 Å². The van der Waals surface area contributed by atoms with Gasteiger partial charge in [0, 0.05) is 13.0 Å². The molecular formula is C23H28N2O2. The summed E-state index contributed by atoms with van der Waals surface area (Å²) >= 11 is 0. The van der Waals surface area contributed by atoms with Gasteiger partial charge < -0.3 is 15.0 Å². The molecule has 4 heteroatoms. The maximum atomic E-state index is 11.7. The molecule has 0 atom stereocenters. The van der Waals surface area contributed by atoms with Gasteiger partial charge in [0.25, 0.3) is 0 Å². The van der Waals surface area contributed by atoms with Crippen molar-refractivity contribution in [2.45, 2.75) is 38.0 Å². The molecule has 1 saturated heterocycles. The molecule has 0 unspecified atom stereocenters. The van der Waals surface area contributed by atoms with E-state index in [1.165, 1.54) is 24.0 Å². The van der Waals surface area contributed by atoms with Crippen LogP contribution in [0.5, 0.6) is 5.75 Å². The fourth-order valence-corrected chi connectivity index (χ4v) is 4.18. The largest absolute Gasteiger partial charge is 0.491 e. The summed E-state index contributed by atoms with van der Waals surface area (Å²) in [6, 6.07) is 16.9. The topological polar surface area (TPSA) is 41.6 Å². The van der Waals surface area contributed by atoms with E-state index in [0.29, 0.717) is 18.9 Å². The van der Waals surface area contributed by atoms with Crippen LogP contribution in [-0.2, 0) is 11.2 Å². The van der Waals surface area contributed by atoms with Crippen LogP contribution >= 0.6 is 0 Å². The zero-order valence-corrected chi connectivity index (χ0v) is 15.8. The number of carbonyl (C=O) groups is 1. The van der Waals surface area contributed by atoms with Crippen LogP contribution in [0.4, 0.5) is 5.69 Å². The second kappa shape index (κ2) is 8.57. The van der Waals surface area contributed by atoms with Crippen LogP contribution in [0.25, 0.3) is 0 Å². The van der Waals surface area contributed by atoms with E-state index in [1.54, 1.807) is 0 Å². The monoisotopic (exact) mass is 364 g/mol. The second-order valence-corrected chi connectivity index (χ2v) is 7.57. The Morgan fingerprint density at radius 3 is 2.63 bits per heavy atom. The minimum atomic E-state index is 0.0832. The number of anilines is 1. The van der Waals surface area contributed by atoms with Crippen molar-refractivity contribution in [3.8, 4) is 5.75 Å². The summed E-state index contributed by atoms with van der Waals surface area (Å²) in [6.45, 7) is 4.08. The molecule has 2 heterocycles. The Kier molecular flexibility index (Phi) is 5.73. The highest BCUT2D eigenvalue weighted by molar-refractivity contribution is 5.95. The molecule has 2 aliphatic heterocycles. The lowest BCUT2D eigenvalue weighted by Gasteiger charge is -2.32. The zero-order valence-electron chi connectivity index (χ0n) is 15.8. The van der Waals surface area contributed by atoms with Crippen molar-refractivity contribution in [2.24, 2.45) is 0 Å². The van der Waals surface area contributed by atoms with Gasteiger partial charge in [-0.05, 0) is 61.9 Å². The number of amides is 1. The van der Waals surface area contributed by atoms with E-state index >= 15 is 0 Å². The molecule has 1 N–H and O–H groups in total. The highest BCUT2D eigenvalue weighted by Crippen LogP contribution is 2.32. The molecule has 4 rings (SSSR count). The molecule has 0 aliphatic carbocycles. The van der Waals surface area contributed by atoms with E-state index in [2.05, 4.69) is 46.6 Å². The molecule has 0 saturated carbocycles. The summed E-state index contributed by atoms with van der Waals surface area (Å²) in [5.74, 6) is 1.60. The highest BCUT2D eigenvalue weighted by atomic mass is 16.5. The van der Waals surface area contributed by atoms with Crippen LogP contribution in [0.1, 0.15) is 42.7 Å².